The Kier molecular flexibility index (Phi) is 2.77. The van der Waals surface area contributed by atoms with Crippen molar-refractivity contribution in [2.45, 2.75) is 13.8 Å². The molecule has 1 aromatic heterocycles. The monoisotopic (exact) mass is 208 g/mol. The molecule has 1 aliphatic heterocycles. The third-order valence-electron chi connectivity index (χ3n) is 2.68. The van der Waals surface area contributed by atoms with E-state index in [9.17, 15) is 4.79 Å². The predicted molar refractivity (Wildman–Crippen MR) is 57.0 cm³/mol. The first-order chi connectivity index (χ1) is 7.18. The second-order valence-electron chi connectivity index (χ2n) is 3.90. The number of H-pyrrole nitrogens is 1. The molecule has 1 saturated heterocycles. The topological polar surface area (TPSA) is 45.3 Å². The summed E-state index contributed by atoms with van der Waals surface area (Å²) in [6.45, 7) is 6.58. The zero-order valence-electron chi connectivity index (χ0n) is 9.17. The van der Waals surface area contributed by atoms with E-state index in [0.29, 0.717) is 26.3 Å². The third-order valence-corrected chi connectivity index (χ3v) is 2.68. The number of nitrogens with zero attached hydrogens (tertiary/aromatic N) is 1. The van der Waals surface area contributed by atoms with E-state index >= 15 is 0 Å². The first-order valence-corrected chi connectivity index (χ1v) is 5.21. The molecule has 0 atom stereocenters. The molecule has 1 aromatic rings. The maximum absolute atomic E-state index is 12.1. The molecule has 1 amide bonds. The number of rotatable bonds is 1. The van der Waals surface area contributed by atoms with Crippen LogP contribution < -0.4 is 0 Å². The minimum absolute atomic E-state index is 0.111. The highest BCUT2D eigenvalue weighted by Gasteiger charge is 2.20. The van der Waals surface area contributed by atoms with Gasteiger partial charge in [-0.2, -0.15) is 0 Å². The quantitative estimate of drug-likeness (QED) is 0.751. The van der Waals surface area contributed by atoms with Crippen LogP contribution in [-0.2, 0) is 4.74 Å². The van der Waals surface area contributed by atoms with Crippen LogP contribution in [0.15, 0.2) is 6.07 Å². The molecule has 1 aliphatic rings. The van der Waals surface area contributed by atoms with Crippen LogP contribution in [0, 0.1) is 13.8 Å². The van der Waals surface area contributed by atoms with Crippen molar-refractivity contribution in [1.29, 1.82) is 0 Å². The predicted octanol–water partition coefficient (Wildman–Crippen LogP) is 1.10. The van der Waals surface area contributed by atoms with Gasteiger partial charge in [0.2, 0.25) is 0 Å². The maximum Gasteiger partial charge on any atom is 0.255 e. The molecule has 0 saturated carbocycles. The van der Waals surface area contributed by atoms with Crippen molar-refractivity contribution in [3.05, 3.63) is 23.0 Å². The minimum Gasteiger partial charge on any atom is -0.378 e. The average Bonchev–Trinajstić information content (AvgIpc) is 2.58. The van der Waals surface area contributed by atoms with E-state index in [1.165, 1.54) is 0 Å². The molecule has 0 aromatic carbocycles. The van der Waals surface area contributed by atoms with Crippen LogP contribution in [0.4, 0.5) is 0 Å². The van der Waals surface area contributed by atoms with Crippen molar-refractivity contribution in [1.82, 2.24) is 9.88 Å². The highest BCUT2D eigenvalue weighted by molar-refractivity contribution is 5.95. The van der Waals surface area contributed by atoms with E-state index < -0.39 is 0 Å². The summed E-state index contributed by atoms with van der Waals surface area (Å²) in [7, 11) is 0. The Bertz CT molecular complexity index is 365. The smallest absolute Gasteiger partial charge is 0.255 e. The third kappa shape index (κ3) is 2.04. The van der Waals surface area contributed by atoms with E-state index in [2.05, 4.69) is 4.98 Å². The van der Waals surface area contributed by atoms with Gasteiger partial charge < -0.3 is 14.6 Å². The summed E-state index contributed by atoms with van der Waals surface area (Å²) in [6, 6.07) is 1.91. The summed E-state index contributed by atoms with van der Waals surface area (Å²) in [5.74, 6) is 0.111. The van der Waals surface area contributed by atoms with Gasteiger partial charge in [0.05, 0.1) is 18.8 Å². The van der Waals surface area contributed by atoms with Gasteiger partial charge in [0.15, 0.2) is 0 Å². The van der Waals surface area contributed by atoms with Gasteiger partial charge in [-0.15, -0.1) is 0 Å². The van der Waals surface area contributed by atoms with Crippen molar-refractivity contribution in [3.8, 4) is 0 Å². The number of hydrogen-bond acceptors (Lipinski definition) is 2. The SMILES string of the molecule is Cc1cc(C(=O)N2CCOCC2)c(C)[nH]1. The number of aromatic amines is 1. The van der Waals surface area contributed by atoms with Gasteiger partial charge in [0.25, 0.3) is 5.91 Å². The van der Waals surface area contributed by atoms with Crippen molar-refractivity contribution in [3.63, 3.8) is 0 Å². The minimum atomic E-state index is 0.111. The lowest BCUT2D eigenvalue weighted by atomic mass is 10.2. The molecule has 1 N–H and O–H groups in total. The Hall–Kier alpha value is -1.29. The Labute approximate surface area is 89.2 Å². The Balaban J connectivity index is 2.16. The molecule has 2 heterocycles. The fraction of sp³-hybridized carbons (Fsp3) is 0.545. The molecule has 0 radical (unpaired) electrons. The second-order valence-corrected chi connectivity index (χ2v) is 3.90. The lowest BCUT2D eigenvalue weighted by Crippen LogP contribution is -2.40. The largest absolute Gasteiger partial charge is 0.378 e. The molecular weight excluding hydrogens is 192 g/mol. The number of nitrogens with one attached hydrogen (secondary N) is 1. The summed E-state index contributed by atoms with van der Waals surface area (Å²) in [5.41, 5.74) is 2.77. The average molecular weight is 208 g/mol. The lowest BCUT2D eigenvalue weighted by molar-refractivity contribution is 0.0302. The van der Waals surface area contributed by atoms with Crippen molar-refractivity contribution in [2.24, 2.45) is 0 Å². The second kappa shape index (κ2) is 4.06. The van der Waals surface area contributed by atoms with E-state index in [0.717, 1.165) is 17.0 Å². The van der Waals surface area contributed by atoms with E-state index in [4.69, 9.17) is 4.74 Å². The Morgan fingerprint density at radius 2 is 2.07 bits per heavy atom. The Morgan fingerprint density at radius 1 is 1.40 bits per heavy atom. The van der Waals surface area contributed by atoms with Crippen molar-refractivity contribution >= 4 is 5.91 Å². The Morgan fingerprint density at radius 3 is 2.60 bits per heavy atom. The number of carbonyl (C=O) groups is 1. The summed E-state index contributed by atoms with van der Waals surface area (Å²) in [5, 5.41) is 0. The van der Waals surface area contributed by atoms with Crippen LogP contribution in [0.1, 0.15) is 21.7 Å². The lowest BCUT2D eigenvalue weighted by Gasteiger charge is -2.26. The van der Waals surface area contributed by atoms with Crippen LogP contribution >= 0.6 is 0 Å². The standard InChI is InChI=1S/C11H16N2O2/c1-8-7-10(9(2)12-8)11(14)13-3-5-15-6-4-13/h7,12H,3-6H2,1-2H3. The molecule has 0 bridgehead atoms. The molecule has 2 rings (SSSR count). The molecular formula is C11H16N2O2. The van der Waals surface area contributed by atoms with Gasteiger partial charge in [-0.3, -0.25) is 4.79 Å². The summed E-state index contributed by atoms with van der Waals surface area (Å²) >= 11 is 0. The number of aromatic nitrogens is 1. The molecule has 0 spiro atoms. The summed E-state index contributed by atoms with van der Waals surface area (Å²) in [4.78, 5) is 17.1. The zero-order valence-corrected chi connectivity index (χ0v) is 9.17. The number of carbonyl (C=O) groups excluding carboxylic acids is 1. The maximum atomic E-state index is 12.1. The van der Waals surface area contributed by atoms with E-state index in [-0.39, 0.29) is 5.91 Å². The molecule has 0 unspecified atom stereocenters. The number of amides is 1. The fourth-order valence-electron chi connectivity index (χ4n) is 1.88. The molecule has 15 heavy (non-hydrogen) atoms. The van der Waals surface area contributed by atoms with Gasteiger partial charge in [-0.25, -0.2) is 0 Å². The van der Waals surface area contributed by atoms with Crippen molar-refractivity contribution in [2.75, 3.05) is 26.3 Å². The van der Waals surface area contributed by atoms with Crippen LogP contribution in [0.2, 0.25) is 0 Å². The molecule has 0 aliphatic carbocycles. The van der Waals surface area contributed by atoms with E-state index in [1.807, 2.05) is 24.8 Å². The van der Waals surface area contributed by atoms with Gasteiger partial charge in [-0.05, 0) is 19.9 Å². The summed E-state index contributed by atoms with van der Waals surface area (Å²) in [6.07, 6.45) is 0. The normalized spacial score (nSPS) is 16.8. The van der Waals surface area contributed by atoms with E-state index in [1.54, 1.807) is 0 Å². The zero-order chi connectivity index (χ0) is 10.8. The number of hydrogen-bond donors (Lipinski definition) is 1. The van der Waals surface area contributed by atoms with Gasteiger partial charge in [0, 0.05) is 24.5 Å². The molecule has 4 heteroatoms. The molecule has 1 fully saturated rings. The first kappa shape index (κ1) is 10.2. The van der Waals surface area contributed by atoms with Gasteiger partial charge in [-0.1, -0.05) is 0 Å². The first-order valence-electron chi connectivity index (χ1n) is 5.21. The van der Waals surface area contributed by atoms with Crippen LogP contribution in [0.25, 0.3) is 0 Å². The highest BCUT2D eigenvalue weighted by Crippen LogP contribution is 2.13. The van der Waals surface area contributed by atoms with Gasteiger partial charge in [0.1, 0.15) is 0 Å². The van der Waals surface area contributed by atoms with Crippen molar-refractivity contribution < 1.29 is 9.53 Å². The molecule has 82 valence electrons. The summed E-state index contributed by atoms with van der Waals surface area (Å²) < 4.78 is 5.22. The fourth-order valence-corrected chi connectivity index (χ4v) is 1.88. The number of morpholine rings is 1. The molecule has 4 nitrogen and oxygen atoms in total. The van der Waals surface area contributed by atoms with Crippen LogP contribution in [0.3, 0.4) is 0 Å². The highest BCUT2D eigenvalue weighted by atomic mass is 16.5. The van der Waals surface area contributed by atoms with Gasteiger partial charge >= 0.3 is 0 Å². The number of ether oxygens (including phenoxy) is 1. The van der Waals surface area contributed by atoms with Crippen LogP contribution in [-0.4, -0.2) is 42.1 Å². The van der Waals surface area contributed by atoms with Crippen LogP contribution in [0.5, 0.6) is 0 Å². The number of aryl methyl sites for hydroxylation is 2.